The summed E-state index contributed by atoms with van der Waals surface area (Å²) < 4.78 is 5.86. The highest BCUT2D eigenvalue weighted by molar-refractivity contribution is 5.22. The Balaban J connectivity index is 1.83. The molecule has 0 saturated heterocycles. The maximum absolute atomic E-state index is 5.86. The van der Waals surface area contributed by atoms with E-state index in [9.17, 15) is 0 Å². The zero-order valence-corrected chi connectivity index (χ0v) is 10.6. The van der Waals surface area contributed by atoms with Crippen LogP contribution < -0.4 is 10.1 Å². The van der Waals surface area contributed by atoms with Gasteiger partial charge in [-0.15, -0.1) is 0 Å². The number of hydrogen-bond acceptors (Lipinski definition) is 3. The predicted molar refractivity (Wildman–Crippen MR) is 69.1 cm³/mol. The van der Waals surface area contributed by atoms with Gasteiger partial charge in [0.1, 0.15) is 5.75 Å². The minimum absolute atomic E-state index is 0.754. The van der Waals surface area contributed by atoms with Crippen molar-refractivity contribution in [3.63, 3.8) is 0 Å². The van der Waals surface area contributed by atoms with Crippen LogP contribution in [0.2, 0.25) is 0 Å². The smallest absolute Gasteiger partial charge is 0.122 e. The predicted octanol–water partition coefficient (Wildman–Crippen LogP) is 2.76. The van der Waals surface area contributed by atoms with Crippen molar-refractivity contribution in [3.05, 3.63) is 24.0 Å². The van der Waals surface area contributed by atoms with Crippen molar-refractivity contribution in [2.75, 3.05) is 13.7 Å². The molecular formula is C14H22N2O. The zero-order chi connectivity index (χ0) is 11.9. The Kier molecular flexibility index (Phi) is 4.80. The van der Waals surface area contributed by atoms with Gasteiger partial charge < -0.3 is 10.1 Å². The largest absolute Gasteiger partial charge is 0.493 e. The fourth-order valence-corrected chi connectivity index (χ4v) is 2.39. The molecule has 2 rings (SSSR count). The Bertz CT molecular complexity index is 335. The first-order valence-electron chi connectivity index (χ1n) is 6.61. The van der Waals surface area contributed by atoms with Crippen LogP contribution in [0, 0.1) is 5.92 Å². The van der Waals surface area contributed by atoms with Crippen LogP contribution in [0.5, 0.6) is 5.75 Å². The Morgan fingerprint density at radius 3 is 2.94 bits per heavy atom. The summed E-state index contributed by atoms with van der Waals surface area (Å²) in [4.78, 5) is 4.28. The van der Waals surface area contributed by atoms with Gasteiger partial charge in [-0.1, -0.05) is 19.3 Å². The quantitative estimate of drug-likeness (QED) is 0.850. The first kappa shape index (κ1) is 12.4. The first-order valence-corrected chi connectivity index (χ1v) is 6.61. The molecule has 0 radical (unpaired) electrons. The third-order valence-electron chi connectivity index (χ3n) is 3.36. The van der Waals surface area contributed by atoms with Gasteiger partial charge in [0.05, 0.1) is 12.3 Å². The van der Waals surface area contributed by atoms with E-state index in [4.69, 9.17) is 4.74 Å². The van der Waals surface area contributed by atoms with E-state index in [2.05, 4.69) is 10.3 Å². The second-order valence-corrected chi connectivity index (χ2v) is 4.83. The van der Waals surface area contributed by atoms with Crippen LogP contribution in [0.3, 0.4) is 0 Å². The van der Waals surface area contributed by atoms with Crippen molar-refractivity contribution in [3.8, 4) is 5.75 Å². The molecule has 0 spiro atoms. The Labute approximate surface area is 104 Å². The Hall–Kier alpha value is -1.09. The summed E-state index contributed by atoms with van der Waals surface area (Å²) in [7, 11) is 1.93. The van der Waals surface area contributed by atoms with Crippen molar-refractivity contribution >= 4 is 0 Å². The lowest BCUT2D eigenvalue weighted by Crippen LogP contribution is -2.15. The number of ether oxygens (including phenoxy) is 1. The third kappa shape index (κ3) is 4.00. The summed E-state index contributed by atoms with van der Waals surface area (Å²) in [6, 6.07) is 3.97. The molecule has 0 aromatic carbocycles. The maximum atomic E-state index is 5.86. The SMILES string of the molecule is CNCc1cc(OCC2CCCCC2)ccn1. The summed E-state index contributed by atoms with van der Waals surface area (Å²) in [5.74, 6) is 1.71. The van der Waals surface area contributed by atoms with Gasteiger partial charge in [-0.25, -0.2) is 0 Å². The monoisotopic (exact) mass is 234 g/mol. The number of nitrogens with one attached hydrogen (secondary N) is 1. The van der Waals surface area contributed by atoms with Crippen LogP contribution in [0.4, 0.5) is 0 Å². The minimum atomic E-state index is 0.754. The van der Waals surface area contributed by atoms with Gasteiger partial charge in [0.25, 0.3) is 0 Å². The van der Waals surface area contributed by atoms with E-state index in [0.29, 0.717) is 0 Å². The van der Waals surface area contributed by atoms with Crippen LogP contribution >= 0.6 is 0 Å². The molecule has 1 saturated carbocycles. The molecule has 1 aliphatic carbocycles. The van der Waals surface area contributed by atoms with Gasteiger partial charge in [-0.05, 0) is 31.9 Å². The lowest BCUT2D eigenvalue weighted by atomic mass is 9.90. The van der Waals surface area contributed by atoms with E-state index in [-0.39, 0.29) is 0 Å². The molecule has 0 unspecified atom stereocenters. The van der Waals surface area contributed by atoms with Gasteiger partial charge in [0.2, 0.25) is 0 Å². The third-order valence-corrected chi connectivity index (χ3v) is 3.36. The summed E-state index contributed by atoms with van der Waals surface area (Å²) in [5, 5.41) is 3.10. The molecule has 1 heterocycles. The van der Waals surface area contributed by atoms with Gasteiger partial charge in [0, 0.05) is 18.8 Å². The average molecular weight is 234 g/mol. The molecule has 0 atom stereocenters. The van der Waals surface area contributed by atoms with Gasteiger partial charge in [-0.3, -0.25) is 4.98 Å². The standard InChI is InChI=1S/C14H22N2O/c1-15-10-13-9-14(7-8-16-13)17-11-12-5-3-2-4-6-12/h7-9,12,15H,2-6,10-11H2,1H3. The molecular weight excluding hydrogens is 212 g/mol. The second-order valence-electron chi connectivity index (χ2n) is 4.83. The lowest BCUT2D eigenvalue weighted by Gasteiger charge is -2.21. The van der Waals surface area contributed by atoms with Gasteiger partial charge >= 0.3 is 0 Å². The summed E-state index contributed by atoms with van der Waals surface area (Å²) in [6.07, 6.45) is 8.62. The number of pyridine rings is 1. The van der Waals surface area contributed by atoms with Crippen molar-refractivity contribution in [1.82, 2.24) is 10.3 Å². The van der Waals surface area contributed by atoms with E-state index in [1.807, 2.05) is 25.4 Å². The van der Waals surface area contributed by atoms with Gasteiger partial charge in [-0.2, -0.15) is 0 Å². The number of rotatable bonds is 5. The Morgan fingerprint density at radius 2 is 2.18 bits per heavy atom. The van der Waals surface area contributed by atoms with Crippen LogP contribution in [0.25, 0.3) is 0 Å². The Morgan fingerprint density at radius 1 is 1.35 bits per heavy atom. The van der Waals surface area contributed by atoms with E-state index in [1.54, 1.807) is 0 Å². The van der Waals surface area contributed by atoms with Crippen LogP contribution in [0.15, 0.2) is 18.3 Å². The zero-order valence-electron chi connectivity index (χ0n) is 10.6. The molecule has 3 nitrogen and oxygen atoms in total. The van der Waals surface area contributed by atoms with Crippen LogP contribution in [-0.4, -0.2) is 18.6 Å². The maximum Gasteiger partial charge on any atom is 0.122 e. The number of nitrogens with zero attached hydrogens (tertiary/aromatic N) is 1. The molecule has 17 heavy (non-hydrogen) atoms. The van der Waals surface area contributed by atoms with Crippen molar-refractivity contribution in [2.24, 2.45) is 5.92 Å². The lowest BCUT2D eigenvalue weighted by molar-refractivity contribution is 0.208. The summed E-state index contributed by atoms with van der Waals surface area (Å²) in [5.41, 5.74) is 1.04. The highest BCUT2D eigenvalue weighted by atomic mass is 16.5. The molecule has 3 heteroatoms. The summed E-state index contributed by atoms with van der Waals surface area (Å²) in [6.45, 7) is 1.66. The number of hydrogen-bond donors (Lipinski definition) is 1. The molecule has 1 N–H and O–H groups in total. The van der Waals surface area contributed by atoms with E-state index >= 15 is 0 Å². The highest BCUT2D eigenvalue weighted by Gasteiger charge is 2.13. The molecule has 0 bridgehead atoms. The molecule has 1 aromatic heterocycles. The molecule has 0 aliphatic heterocycles. The normalized spacial score (nSPS) is 17.0. The van der Waals surface area contributed by atoms with Crippen molar-refractivity contribution in [2.45, 2.75) is 38.6 Å². The minimum Gasteiger partial charge on any atom is -0.493 e. The van der Waals surface area contributed by atoms with Crippen LogP contribution in [-0.2, 0) is 6.54 Å². The average Bonchev–Trinajstić information content (AvgIpc) is 2.39. The van der Waals surface area contributed by atoms with Gasteiger partial charge in [0.15, 0.2) is 0 Å². The fraction of sp³-hybridized carbons (Fsp3) is 0.643. The number of aromatic nitrogens is 1. The molecule has 94 valence electrons. The molecule has 1 aliphatic rings. The first-order chi connectivity index (χ1) is 8.38. The molecule has 0 amide bonds. The second kappa shape index (κ2) is 6.60. The van der Waals surface area contributed by atoms with E-state index in [1.165, 1.54) is 32.1 Å². The van der Waals surface area contributed by atoms with E-state index in [0.717, 1.165) is 30.5 Å². The van der Waals surface area contributed by atoms with Crippen molar-refractivity contribution < 1.29 is 4.74 Å². The van der Waals surface area contributed by atoms with Crippen molar-refractivity contribution in [1.29, 1.82) is 0 Å². The van der Waals surface area contributed by atoms with E-state index < -0.39 is 0 Å². The summed E-state index contributed by atoms with van der Waals surface area (Å²) >= 11 is 0. The highest BCUT2D eigenvalue weighted by Crippen LogP contribution is 2.24. The van der Waals surface area contributed by atoms with Crippen LogP contribution in [0.1, 0.15) is 37.8 Å². The molecule has 1 fully saturated rings. The fourth-order valence-electron chi connectivity index (χ4n) is 2.39. The topological polar surface area (TPSA) is 34.1 Å². The molecule has 1 aromatic rings.